The van der Waals surface area contributed by atoms with Gasteiger partial charge in [-0.25, -0.2) is 0 Å². The van der Waals surface area contributed by atoms with Crippen molar-refractivity contribution in [3.8, 4) is 0 Å². The summed E-state index contributed by atoms with van der Waals surface area (Å²) >= 11 is 0.808. The van der Waals surface area contributed by atoms with Crippen LogP contribution in [0.1, 0.15) is 64.9 Å². The summed E-state index contributed by atoms with van der Waals surface area (Å²) in [6.45, 7) is 10.4. The number of anilines is 2. The van der Waals surface area contributed by atoms with Gasteiger partial charge in [0.15, 0.2) is 5.69 Å². The van der Waals surface area contributed by atoms with Crippen LogP contribution in [0.5, 0.6) is 0 Å². The van der Waals surface area contributed by atoms with Crippen molar-refractivity contribution in [1.82, 2.24) is 9.69 Å². The van der Waals surface area contributed by atoms with Crippen LogP contribution in [0, 0.1) is 19.8 Å². The van der Waals surface area contributed by atoms with Crippen molar-refractivity contribution in [1.29, 1.82) is 0 Å². The molecule has 1 atom stereocenters. The molecule has 0 aliphatic heterocycles. The number of nitrogens with zero attached hydrogens (tertiary/aromatic N) is 2. The number of carbonyl (C=O) groups excluding carboxylic acids is 3. The Morgan fingerprint density at radius 2 is 1.90 bits per heavy atom. The fourth-order valence-electron chi connectivity index (χ4n) is 3.24. The Morgan fingerprint density at radius 1 is 1.23 bits per heavy atom. The van der Waals surface area contributed by atoms with Gasteiger partial charge >= 0.3 is 0 Å². The van der Waals surface area contributed by atoms with Crippen LogP contribution in [0.4, 0.5) is 11.4 Å². The lowest BCUT2D eigenvalue weighted by Crippen LogP contribution is -2.50. The predicted molar refractivity (Wildman–Crippen MR) is 124 cm³/mol. The smallest absolute Gasteiger partial charge is 0.272 e. The Hall–Kier alpha value is -2.94. The molecule has 0 saturated carbocycles. The minimum Gasteiger partial charge on any atom is -0.395 e. The third-order valence-corrected chi connectivity index (χ3v) is 6.08. The first kappa shape index (κ1) is 24.3. The van der Waals surface area contributed by atoms with E-state index in [1.165, 1.54) is 4.90 Å². The Kier molecular flexibility index (Phi) is 8.15. The highest BCUT2D eigenvalue weighted by molar-refractivity contribution is 7.09. The van der Waals surface area contributed by atoms with E-state index in [9.17, 15) is 14.4 Å². The number of nitrogens with one attached hydrogen (secondary N) is 1. The molecule has 0 aliphatic rings. The molecule has 0 bridgehead atoms. The predicted octanol–water partition coefficient (Wildman–Crippen LogP) is 3.03. The molecule has 0 unspecified atom stereocenters. The van der Waals surface area contributed by atoms with E-state index in [2.05, 4.69) is 23.5 Å². The van der Waals surface area contributed by atoms with E-state index in [0.29, 0.717) is 24.6 Å². The van der Waals surface area contributed by atoms with E-state index in [-0.39, 0.29) is 22.2 Å². The fraction of sp³-hybridized carbons (Fsp3) is 0.455. The average Bonchev–Trinajstić information content (AvgIpc) is 3.09. The van der Waals surface area contributed by atoms with E-state index >= 15 is 0 Å². The van der Waals surface area contributed by atoms with Gasteiger partial charge in [0.2, 0.25) is 5.91 Å². The highest BCUT2D eigenvalue weighted by Gasteiger charge is 2.34. The fourth-order valence-corrected chi connectivity index (χ4v) is 3.98. The van der Waals surface area contributed by atoms with E-state index in [4.69, 9.17) is 11.5 Å². The maximum absolute atomic E-state index is 13.6. The van der Waals surface area contributed by atoms with Crippen molar-refractivity contribution in [2.45, 2.75) is 53.5 Å². The van der Waals surface area contributed by atoms with Crippen LogP contribution < -0.4 is 21.7 Å². The standard InChI is InChI=1S/C22H31N5O3S/c1-6-15(21(29)25-11-10-12(2)3)27(16-9-7-8-13(4)14(16)5)22(30)19-17(23)18(20(24)28)26-31-19/h7-9,12,15H,6,10-11,23H2,1-5H3,(H2,24,28)(H,25,29)/t15-/m0/s1. The molecule has 3 amide bonds. The van der Waals surface area contributed by atoms with Crippen molar-refractivity contribution in [2.75, 3.05) is 17.2 Å². The summed E-state index contributed by atoms with van der Waals surface area (Å²) in [4.78, 5) is 39.8. The number of carbonyl (C=O) groups is 3. The number of rotatable bonds is 9. The molecule has 1 heterocycles. The molecule has 1 aromatic heterocycles. The third-order valence-electron chi connectivity index (χ3n) is 5.23. The molecule has 9 heteroatoms. The van der Waals surface area contributed by atoms with E-state index in [1.807, 2.05) is 32.9 Å². The molecule has 2 rings (SSSR count). The van der Waals surface area contributed by atoms with Crippen molar-refractivity contribution in [3.63, 3.8) is 0 Å². The second-order valence-corrected chi connectivity index (χ2v) is 8.70. The van der Waals surface area contributed by atoms with Crippen LogP contribution in [0.25, 0.3) is 0 Å². The van der Waals surface area contributed by atoms with Crippen molar-refractivity contribution < 1.29 is 14.4 Å². The highest BCUT2D eigenvalue weighted by Crippen LogP contribution is 2.31. The van der Waals surface area contributed by atoms with Gasteiger partial charge in [-0.3, -0.25) is 19.3 Å². The van der Waals surface area contributed by atoms with Gasteiger partial charge in [0.1, 0.15) is 10.9 Å². The largest absolute Gasteiger partial charge is 0.395 e. The van der Waals surface area contributed by atoms with Crippen LogP contribution in [0.15, 0.2) is 18.2 Å². The molecule has 0 radical (unpaired) electrons. The van der Waals surface area contributed by atoms with Crippen molar-refractivity contribution >= 4 is 40.6 Å². The lowest BCUT2D eigenvalue weighted by molar-refractivity contribution is -0.122. The number of hydrogen-bond donors (Lipinski definition) is 3. The number of primary amides is 1. The summed E-state index contributed by atoms with van der Waals surface area (Å²) < 4.78 is 3.95. The second kappa shape index (κ2) is 10.4. The van der Waals surface area contributed by atoms with Gasteiger partial charge in [-0.2, -0.15) is 4.37 Å². The number of benzene rings is 1. The van der Waals surface area contributed by atoms with Gasteiger partial charge in [0.05, 0.1) is 5.69 Å². The maximum atomic E-state index is 13.6. The lowest BCUT2D eigenvalue weighted by Gasteiger charge is -2.32. The van der Waals surface area contributed by atoms with Gasteiger partial charge in [0.25, 0.3) is 11.8 Å². The van der Waals surface area contributed by atoms with Crippen LogP contribution in [-0.4, -0.2) is 34.7 Å². The Labute approximate surface area is 187 Å². The minimum atomic E-state index is -0.801. The number of amides is 3. The van der Waals surface area contributed by atoms with Gasteiger partial charge in [-0.05, 0) is 61.3 Å². The third kappa shape index (κ3) is 5.41. The van der Waals surface area contributed by atoms with Crippen LogP contribution in [-0.2, 0) is 4.79 Å². The van der Waals surface area contributed by atoms with E-state index in [0.717, 1.165) is 29.1 Å². The van der Waals surface area contributed by atoms with Gasteiger partial charge in [0, 0.05) is 12.2 Å². The molecule has 168 valence electrons. The SMILES string of the molecule is CC[C@@H](C(=O)NCCC(C)C)N(C(=O)c1snc(C(N)=O)c1N)c1cccc(C)c1C. The van der Waals surface area contributed by atoms with E-state index in [1.54, 1.807) is 6.07 Å². The molecule has 1 aromatic carbocycles. The van der Waals surface area contributed by atoms with E-state index < -0.39 is 17.9 Å². The molecule has 0 aliphatic carbocycles. The van der Waals surface area contributed by atoms with Gasteiger partial charge in [-0.15, -0.1) is 0 Å². The first-order valence-electron chi connectivity index (χ1n) is 10.3. The van der Waals surface area contributed by atoms with Crippen molar-refractivity contribution in [3.05, 3.63) is 39.9 Å². The molecule has 31 heavy (non-hydrogen) atoms. The molecule has 8 nitrogen and oxygen atoms in total. The monoisotopic (exact) mass is 445 g/mol. The molecule has 5 N–H and O–H groups in total. The van der Waals surface area contributed by atoms with Gasteiger partial charge in [-0.1, -0.05) is 32.9 Å². The molecule has 2 aromatic rings. The summed E-state index contributed by atoms with van der Waals surface area (Å²) in [6.07, 6.45) is 1.23. The molecule has 0 saturated heterocycles. The van der Waals surface area contributed by atoms with Crippen molar-refractivity contribution in [2.24, 2.45) is 11.7 Å². The zero-order valence-corrected chi connectivity index (χ0v) is 19.5. The quantitative estimate of drug-likeness (QED) is 0.546. The zero-order valence-electron chi connectivity index (χ0n) is 18.7. The topological polar surface area (TPSA) is 131 Å². The zero-order chi connectivity index (χ0) is 23.3. The number of aryl methyl sites for hydroxylation is 1. The maximum Gasteiger partial charge on any atom is 0.272 e. The second-order valence-electron chi connectivity index (χ2n) is 7.93. The highest BCUT2D eigenvalue weighted by atomic mass is 32.1. The first-order chi connectivity index (χ1) is 14.6. The van der Waals surface area contributed by atoms with Gasteiger partial charge < -0.3 is 16.8 Å². The Morgan fingerprint density at radius 3 is 2.45 bits per heavy atom. The number of nitrogen functional groups attached to an aromatic ring is 1. The summed E-state index contributed by atoms with van der Waals surface area (Å²) in [5.74, 6) is -1.08. The van der Waals surface area contributed by atoms with Crippen LogP contribution >= 0.6 is 11.5 Å². The van der Waals surface area contributed by atoms with Crippen LogP contribution in [0.3, 0.4) is 0 Å². The normalized spacial score (nSPS) is 11.9. The summed E-state index contributed by atoms with van der Waals surface area (Å²) in [6, 6.07) is 4.83. The molecule has 0 spiro atoms. The Bertz CT molecular complexity index is 970. The number of aromatic nitrogens is 1. The number of hydrogen-bond acceptors (Lipinski definition) is 6. The minimum absolute atomic E-state index is 0.0622. The summed E-state index contributed by atoms with van der Waals surface area (Å²) in [7, 11) is 0. The lowest BCUT2D eigenvalue weighted by atomic mass is 10.0. The molecule has 0 fully saturated rings. The summed E-state index contributed by atoms with van der Waals surface area (Å²) in [5, 5.41) is 2.94. The first-order valence-corrected chi connectivity index (χ1v) is 11.1. The molecular formula is C22H31N5O3S. The average molecular weight is 446 g/mol. The Balaban J connectivity index is 2.52. The molecular weight excluding hydrogens is 414 g/mol. The summed E-state index contributed by atoms with van der Waals surface area (Å²) in [5.41, 5.74) is 13.6. The van der Waals surface area contributed by atoms with Crippen LogP contribution in [0.2, 0.25) is 0 Å². The number of nitrogens with two attached hydrogens (primary N) is 2.